The number of ether oxygens (including phenoxy) is 1. The second-order valence-corrected chi connectivity index (χ2v) is 6.12. The van der Waals surface area contributed by atoms with Gasteiger partial charge in [0.05, 0.1) is 11.7 Å². The fourth-order valence-electron chi connectivity index (χ4n) is 2.75. The minimum Gasteiger partial charge on any atom is -0.493 e. The lowest BCUT2D eigenvalue weighted by Gasteiger charge is -2.14. The van der Waals surface area contributed by atoms with Crippen LogP contribution in [0.1, 0.15) is 18.6 Å². The number of hydrogen-bond acceptors (Lipinski definition) is 6. The summed E-state index contributed by atoms with van der Waals surface area (Å²) in [4.78, 5) is 17.1. The molecule has 0 amide bonds. The third kappa shape index (κ3) is 3.29. The van der Waals surface area contributed by atoms with Gasteiger partial charge in [0.1, 0.15) is 28.8 Å². The van der Waals surface area contributed by atoms with E-state index in [1.807, 2.05) is 13.2 Å². The van der Waals surface area contributed by atoms with Gasteiger partial charge < -0.3 is 14.4 Å². The van der Waals surface area contributed by atoms with E-state index in [0.717, 1.165) is 5.56 Å². The molecule has 4 rings (SSSR count). The number of aromatic nitrogens is 5. The Hall–Kier alpha value is -3.55. The molecule has 1 atom stereocenters. The average Bonchev–Trinajstić information content (AvgIpc) is 3.08. The van der Waals surface area contributed by atoms with Crippen LogP contribution in [0.2, 0.25) is 0 Å². The second kappa shape index (κ2) is 6.64. The monoisotopic (exact) mass is 365 g/mol. The van der Waals surface area contributed by atoms with Crippen LogP contribution in [0.5, 0.6) is 11.9 Å². The first-order valence-corrected chi connectivity index (χ1v) is 8.27. The number of halogens is 1. The van der Waals surface area contributed by atoms with E-state index in [9.17, 15) is 9.50 Å². The van der Waals surface area contributed by atoms with E-state index >= 15 is 0 Å². The van der Waals surface area contributed by atoms with Gasteiger partial charge in [-0.3, -0.25) is 4.98 Å². The number of imidazole rings is 1. The Balaban J connectivity index is 1.75. The van der Waals surface area contributed by atoms with Crippen LogP contribution < -0.4 is 4.74 Å². The number of fused-ring (bicyclic) bond motifs is 1. The first-order valence-electron chi connectivity index (χ1n) is 8.27. The van der Waals surface area contributed by atoms with Crippen LogP contribution in [0, 0.1) is 5.82 Å². The quantitative estimate of drug-likeness (QED) is 0.596. The highest BCUT2D eigenvalue weighted by Gasteiger charge is 2.17. The summed E-state index contributed by atoms with van der Waals surface area (Å²) in [6.45, 7) is 1.79. The minimum absolute atomic E-state index is 0.00186. The van der Waals surface area contributed by atoms with E-state index in [0.29, 0.717) is 22.3 Å². The van der Waals surface area contributed by atoms with Crippen molar-refractivity contribution < 1.29 is 14.2 Å². The molecule has 4 aromatic rings. The lowest BCUT2D eigenvalue weighted by molar-refractivity contribution is 0.206. The SMILES string of the molecule is CC(Oc1nc(O)c2ccnc(-c3cn(C)cn3)c2n1)c1ccc(F)cc1. The van der Waals surface area contributed by atoms with E-state index < -0.39 is 6.10 Å². The fraction of sp³-hybridized carbons (Fsp3) is 0.158. The van der Waals surface area contributed by atoms with Crippen molar-refractivity contribution in [2.75, 3.05) is 0 Å². The van der Waals surface area contributed by atoms with Crippen LogP contribution in [0.25, 0.3) is 22.3 Å². The van der Waals surface area contributed by atoms with Crippen molar-refractivity contribution in [3.8, 4) is 23.3 Å². The molecule has 0 fully saturated rings. The Labute approximate surface area is 154 Å². The largest absolute Gasteiger partial charge is 0.493 e. The molecule has 8 heteroatoms. The molecule has 0 saturated carbocycles. The minimum atomic E-state index is -0.433. The summed E-state index contributed by atoms with van der Waals surface area (Å²) >= 11 is 0. The maximum absolute atomic E-state index is 13.1. The summed E-state index contributed by atoms with van der Waals surface area (Å²) in [5.41, 5.74) is 2.34. The highest BCUT2D eigenvalue weighted by Crippen LogP contribution is 2.31. The van der Waals surface area contributed by atoms with Gasteiger partial charge in [-0.25, -0.2) is 9.37 Å². The number of nitrogens with zero attached hydrogens (tertiary/aromatic N) is 5. The summed E-state index contributed by atoms with van der Waals surface area (Å²) in [6, 6.07) is 7.60. The molecule has 0 spiro atoms. The third-order valence-electron chi connectivity index (χ3n) is 4.14. The topological polar surface area (TPSA) is 86.0 Å². The van der Waals surface area contributed by atoms with Crippen LogP contribution in [0.15, 0.2) is 49.1 Å². The molecule has 3 aromatic heterocycles. The van der Waals surface area contributed by atoms with Crippen LogP contribution >= 0.6 is 0 Å². The molecule has 0 aliphatic carbocycles. The molecule has 1 N–H and O–H groups in total. The van der Waals surface area contributed by atoms with Crippen LogP contribution in [-0.2, 0) is 7.05 Å². The Morgan fingerprint density at radius 2 is 1.89 bits per heavy atom. The van der Waals surface area contributed by atoms with Crippen molar-refractivity contribution in [3.63, 3.8) is 0 Å². The van der Waals surface area contributed by atoms with Crippen molar-refractivity contribution in [1.82, 2.24) is 24.5 Å². The molecule has 27 heavy (non-hydrogen) atoms. The highest BCUT2D eigenvalue weighted by molar-refractivity contribution is 5.93. The van der Waals surface area contributed by atoms with Crippen molar-refractivity contribution in [2.45, 2.75) is 13.0 Å². The molecule has 1 unspecified atom stereocenters. The molecule has 0 radical (unpaired) electrons. The zero-order valence-corrected chi connectivity index (χ0v) is 14.7. The van der Waals surface area contributed by atoms with Gasteiger partial charge in [-0.15, -0.1) is 0 Å². The van der Waals surface area contributed by atoms with Crippen molar-refractivity contribution in [3.05, 3.63) is 60.4 Å². The summed E-state index contributed by atoms with van der Waals surface area (Å²) in [5, 5.41) is 10.8. The molecule has 0 aliphatic heterocycles. The number of hydrogen-bond donors (Lipinski definition) is 1. The normalized spacial score (nSPS) is 12.3. The van der Waals surface area contributed by atoms with Gasteiger partial charge in [0.25, 0.3) is 0 Å². The maximum Gasteiger partial charge on any atom is 0.320 e. The van der Waals surface area contributed by atoms with Gasteiger partial charge in [-0.05, 0) is 30.7 Å². The lowest BCUT2D eigenvalue weighted by Crippen LogP contribution is -2.06. The third-order valence-corrected chi connectivity index (χ3v) is 4.14. The second-order valence-electron chi connectivity index (χ2n) is 6.12. The first kappa shape index (κ1) is 16.9. The average molecular weight is 365 g/mol. The molecule has 136 valence electrons. The van der Waals surface area contributed by atoms with Gasteiger partial charge in [-0.2, -0.15) is 9.97 Å². The number of rotatable bonds is 4. The number of aromatic hydroxyl groups is 1. The molecule has 0 saturated heterocycles. The Bertz CT molecular complexity index is 1110. The Morgan fingerprint density at radius 3 is 2.59 bits per heavy atom. The molecule has 0 aliphatic rings. The Morgan fingerprint density at radius 1 is 1.11 bits per heavy atom. The molecule has 1 aromatic carbocycles. The predicted molar refractivity (Wildman–Crippen MR) is 96.6 cm³/mol. The molecule has 7 nitrogen and oxygen atoms in total. The summed E-state index contributed by atoms with van der Waals surface area (Å²) < 4.78 is 20.7. The number of pyridine rings is 1. The van der Waals surface area contributed by atoms with Gasteiger partial charge in [-0.1, -0.05) is 12.1 Å². The zero-order valence-electron chi connectivity index (χ0n) is 14.7. The molecular formula is C19H16FN5O2. The van der Waals surface area contributed by atoms with Gasteiger partial charge >= 0.3 is 6.01 Å². The van der Waals surface area contributed by atoms with Crippen molar-refractivity contribution in [2.24, 2.45) is 7.05 Å². The lowest BCUT2D eigenvalue weighted by atomic mass is 10.1. The molecule has 3 heterocycles. The van der Waals surface area contributed by atoms with E-state index in [-0.39, 0.29) is 17.7 Å². The van der Waals surface area contributed by atoms with E-state index in [4.69, 9.17) is 4.74 Å². The van der Waals surface area contributed by atoms with E-state index in [1.54, 1.807) is 42.2 Å². The van der Waals surface area contributed by atoms with E-state index in [1.165, 1.54) is 12.1 Å². The summed E-state index contributed by atoms with van der Waals surface area (Å²) in [6.07, 6.45) is 4.60. The maximum atomic E-state index is 13.1. The zero-order chi connectivity index (χ0) is 19.0. The predicted octanol–water partition coefficient (Wildman–Crippen LogP) is 3.41. The smallest absolute Gasteiger partial charge is 0.320 e. The van der Waals surface area contributed by atoms with Crippen molar-refractivity contribution >= 4 is 10.9 Å². The fourth-order valence-corrected chi connectivity index (χ4v) is 2.75. The van der Waals surface area contributed by atoms with Gasteiger partial charge in [0.2, 0.25) is 5.88 Å². The Kier molecular flexibility index (Phi) is 4.15. The standard InChI is InChI=1S/C19H16FN5O2/c1-11(12-3-5-13(20)6-4-12)27-19-23-16-14(18(26)24-19)7-8-21-17(16)15-9-25(2)10-22-15/h3-11H,1-2H3,(H,23,24,26). The van der Waals surface area contributed by atoms with Crippen LogP contribution in [-0.4, -0.2) is 29.6 Å². The van der Waals surface area contributed by atoms with Crippen LogP contribution in [0.4, 0.5) is 4.39 Å². The first-order chi connectivity index (χ1) is 13.0. The number of aryl methyl sites for hydroxylation is 1. The summed E-state index contributed by atoms with van der Waals surface area (Å²) in [5.74, 6) is -0.530. The molecule has 0 bridgehead atoms. The number of benzene rings is 1. The summed E-state index contributed by atoms with van der Waals surface area (Å²) in [7, 11) is 1.85. The van der Waals surface area contributed by atoms with E-state index in [2.05, 4.69) is 19.9 Å². The van der Waals surface area contributed by atoms with Crippen LogP contribution in [0.3, 0.4) is 0 Å². The van der Waals surface area contributed by atoms with Crippen molar-refractivity contribution in [1.29, 1.82) is 0 Å². The highest BCUT2D eigenvalue weighted by atomic mass is 19.1. The molecular weight excluding hydrogens is 349 g/mol. The van der Waals surface area contributed by atoms with Gasteiger partial charge in [0, 0.05) is 19.4 Å². The van der Waals surface area contributed by atoms with Gasteiger partial charge in [0.15, 0.2) is 0 Å².